The lowest BCUT2D eigenvalue weighted by molar-refractivity contribution is 0.232. The van der Waals surface area contributed by atoms with E-state index in [1.807, 2.05) is 6.92 Å². The molecule has 108 valence electrons. The summed E-state index contributed by atoms with van der Waals surface area (Å²) in [5.41, 5.74) is -0.435. The molecular weight excluding hydrogens is 364 g/mol. The van der Waals surface area contributed by atoms with Gasteiger partial charge in [0, 0.05) is 17.6 Å². The standard InChI is InChI=1S/C13H14BrClN2O2S/c1-13(9-16)4-6-17(7-5-13)20(18,19)12-3-2-10(14)8-11(12)15/h2-3,8H,4-7H2,1H3. The van der Waals surface area contributed by atoms with Crippen molar-refractivity contribution < 1.29 is 8.42 Å². The van der Waals surface area contributed by atoms with Crippen LogP contribution in [0.2, 0.25) is 5.02 Å². The van der Waals surface area contributed by atoms with Gasteiger partial charge >= 0.3 is 0 Å². The second-order valence-electron chi connectivity index (χ2n) is 5.15. The number of sulfonamides is 1. The predicted octanol–water partition coefficient (Wildman–Crippen LogP) is 3.42. The summed E-state index contributed by atoms with van der Waals surface area (Å²) >= 11 is 9.28. The molecule has 0 spiro atoms. The van der Waals surface area contributed by atoms with Crippen LogP contribution in [0, 0.1) is 16.7 Å². The third-order valence-electron chi connectivity index (χ3n) is 3.61. The van der Waals surface area contributed by atoms with Crippen LogP contribution in [0.15, 0.2) is 27.6 Å². The molecule has 2 rings (SSSR count). The molecule has 7 heteroatoms. The molecule has 20 heavy (non-hydrogen) atoms. The minimum absolute atomic E-state index is 0.114. The van der Waals surface area contributed by atoms with Crippen molar-refractivity contribution in [2.24, 2.45) is 5.41 Å². The molecule has 1 fully saturated rings. The number of benzene rings is 1. The van der Waals surface area contributed by atoms with Crippen LogP contribution in [-0.2, 0) is 10.0 Å². The molecule has 1 aromatic rings. The van der Waals surface area contributed by atoms with Crippen molar-refractivity contribution >= 4 is 37.6 Å². The lowest BCUT2D eigenvalue weighted by Gasteiger charge is -2.34. The number of hydrogen-bond acceptors (Lipinski definition) is 3. The Morgan fingerprint density at radius 3 is 2.50 bits per heavy atom. The molecule has 0 aromatic heterocycles. The third kappa shape index (κ3) is 3.01. The van der Waals surface area contributed by atoms with Crippen molar-refractivity contribution in [1.29, 1.82) is 5.26 Å². The van der Waals surface area contributed by atoms with Gasteiger partial charge in [-0.05, 0) is 38.0 Å². The molecule has 0 bridgehead atoms. The summed E-state index contributed by atoms with van der Waals surface area (Å²) in [4.78, 5) is 0.114. The minimum atomic E-state index is -3.60. The zero-order chi connectivity index (χ0) is 15.0. The highest BCUT2D eigenvalue weighted by atomic mass is 79.9. The highest BCUT2D eigenvalue weighted by molar-refractivity contribution is 9.10. The molecule has 0 atom stereocenters. The first-order valence-electron chi connectivity index (χ1n) is 6.15. The average Bonchev–Trinajstić information content (AvgIpc) is 2.39. The Bertz CT molecular complexity index is 661. The van der Waals surface area contributed by atoms with Gasteiger partial charge in [0.1, 0.15) is 4.90 Å². The highest BCUT2D eigenvalue weighted by Gasteiger charge is 2.36. The van der Waals surface area contributed by atoms with Crippen LogP contribution in [-0.4, -0.2) is 25.8 Å². The van der Waals surface area contributed by atoms with Crippen LogP contribution in [0.3, 0.4) is 0 Å². The summed E-state index contributed by atoms with van der Waals surface area (Å²) in [6.07, 6.45) is 1.08. The van der Waals surface area contributed by atoms with Crippen molar-refractivity contribution in [2.75, 3.05) is 13.1 Å². The van der Waals surface area contributed by atoms with E-state index in [1.54, 1.807) is 12.1 Å². The van der Waals surface area contributed by atoms with Crippen LogP contribution < -0.4 is 0 Å². The van der Waals surface area contributed by atoms with Gasteiger partial charge in [-0.1, -0.05) is 27.5 Å². The number of nitrogens with zero attached hydrogens (tertiary/aromatic N) is 2. The monoisotopic (exact) mass is 376 g/mol. The molecule has 0 unspecified atom stereocenters. The number of piperidine rings is 1. The van der Waals surface area contributed by atoms with Gasteiger partial charge in [-0.25, -0.2) is 8.42 Å². The molecule has 1 heterocycles. The second-order valence-corrected chi connectivity index (χ2v) is 8.38. The first-order chi connectivity index (χ1) is 9.28. The summed E-state index contributed by atoms with van der Waals surface area (Å²) in [7, 11) is -3.60. The van der Waals surface area contributed by atoms with Gasteiger partial charge in [-0.3, -0.25) is 0 Å². The van der Waals surface area contributed by atoms with E-state index in [0.717, 1.165) is 4.47 Å². The smallest absolute Gasteiger partial charge is 0.207 e. The van der Waals surface area contributed by atoms with Crippen LogP contribution in [0.25, 0.3) is 0 Å². The maximum Gasteiger partial charge on any atom is 0.244 e. The van der Waals surface area contributed by atoms with Gasteiger partial charge in [0.2, 0.25) is 10.0 Å². The van der Waals surface area contributed by atoms with Crippen LogP contribution in [0.4, 0.5) is 0 Å². The van der Waals surface area contributed by atoms with Crippen molar-refractivity contribution in [2.45, 2.75) is 24.7 Å². The average molecular weight is 378 g/mol. The van der Waals surface area contributed by atoms with Crippen LogP contribution in [0.5, 0.6) is 0 Å². The molecule has 1 aliphatic rings. The van der Waals surface area contributed by atoms with Gasteiger partial charge in [0.05, 0.1) is 16.5 Å². The SMILES string of the molecule is CC1(C#N)CCN(S(=O)(=O)c2ccc(Br)cc2Cl)CC1. The van der Waals surface area contributed by atoms with Gasteiger partial charge in [0.15, 0.2) is 0 Å². The van der Waals surface area contributed by atoms with Crippen LogP contribution >= 0.6 is 27.5 Å². The fourth-order valence-electron chi connectivity index (χ4n) is 2.16. The van der Waals surface area contributed by atoms with E-state index in [-0.39, 0.29) is 9.92 Å². The largest absolute Gasteiger partial charge is 0.244 e. The second kappa shape index (κ2) is 5.64. The molecule has 0 saturated carbocycles. The van der Waals surface area contributed by atoms with Gasteiger partial charge in [-0.15, -0.1) is 0 Å². The molecule has 1 aliphatic heterocycles. The fourth-order valence-corrected chi connectivity index (χ4v) is 4.61. The molecule has 0 aliphatic carbocycles. The Kier molecular flexibility index (Phi) is 4.45. The van der Waals surface area contributed by atoms with E-state index in [1.165, 1.54) is 10.4 Å². The van der Waals surface area contributed by atoms with Crippen molar-refractivity contribution in [3.8, 4) is 6.07 Å². The Morgan fingerprint density at radius 2 is 2.00 bits per heavy atom. The van der Waals surface area contributed by atoms with E-state index >= 15 is 0 Å². The number of rotatable bonds is 2. The molecule has 0 N–H and O–H groups in total. The molecule has 4 nitrogen and oxygen atoms in total. The van der Waals surface area contributed by atoms with E-state index in [9.17, 15) is 8.42 Å². The Labute approximate surface area is 132 Å². The summed E-state index contributed by atoms with van der Waals surface area (Å²) in [5.74, 6) is 0. The zero-order valence-corrected chi connectivity index (χ0v) is 14.1. The fraction of sp³-hybridized carbons (Fsp3) is 0.462. The first-order valence-corrected chi connectivity index (χ1v) is 8.76. The Morgan fingerprint density at radius 1 is 1.40 bits per heavy atom. The predicted molar refractivity (Wildman–Crippen MR) is 80.9 cm³/mol. The lowest BCUT2D eigenvalue weighted by atomic mass is 9.83. The minimum Gasteiger partial charge on any atom is -0.207 e. The molecule has 0 amide bonds. The topological polar surface area (TPSA) is 61.2 Å². The number of nitriles is 1. The van der Waals surface area contributed by atoms with Gasteiger partial charge in [0.25, 0.3) is 0 Å². The highest BCUT2D eigenvalue weighted by Crippen LogP contribution is 2.34. The van der Waals surface area contributed by atoms with Crippen molar-refractivity contribution in [3.63, 3.8) is 0 Å². The summed E-state index contributed by atoms with van der Waals surface area (Å²) in [5, 5.41) is 9.29. The number of halogens is 2. The molecular formula is C13H14BrClN2O2S. The van der Waals surface area contributed by atoms with Gasteiger partial charge in [-0.2, -0.15) is 9.57 Å². The molecule has 1 aromatic carbocycles. The first kappa shape index (κ1) is 15.8. The zero-order valence-electron chi connectivity index (χ0n) is 10.9. The summed E-state index contributed by atoms with van der Waals surface area (Å²) in [6, 6.07) is 6.98. The summed E-state index contributed by atoms with van der Waals surface area (Å²) in [6.45, 7) is 2.56. The Balaban J connectivity index is 2.27. The summed E-state index contributed by atoms with van der Waals surface area (Å²) < 4.78 is 27.3. The maximum atomic E-state index is 12.6. The Hall–Kier alpha value is -0.610. The number of hydrogen-bond donors (Lipinski definition) is 0. The van der Waals surface area contributed by atoms with Crippen molar-refractivity contribution in [3.05, 3.63) is 27.7 Å². The van der Waals surface area contributed by atoms with Crippen LogP contribution in [0.1, 0.15) is 19.8 Å². The van der Waals surface area contributed by atoms with Gasteiger partial charge < -0.3 is 0 Å². The third-order valence-corrected chi connectivity index (χ3v) is 6.48. The van der Waals surface area contributed by atoms with E-state index in [4.69, 9.17) is 16.9 Å². The van der Waals surface area contributed by atoms with E-state index in [2.05, 4.69) is 22.0 Å². The lowest BCUT2D eigenvalue weighted by Crippen LogP contribution is -2.41. The molecule has 0 radical (unpaired) electrons. The normalized spacial score (nSPS) is 19.5. The van der Waals surface area contributed by atoms with E-state index < -0.39 is 15.4 Å². The maximum absolute atomic E-state index is 12.6. The van der Waals surface area contributed by atoms with E-state index in [0.29, 0.717) is 25.9 Å². The molecule has 1 saturated heterocycles. The quantitative estimate of drug-likeness (QED) is 0.793. The van der Waals surface area contributed by atoms with Crippen molar-refractivity contribution in [1.82, 2.24) is 4.31 Å².